The van der Waals surface area contributed by atoms with Gasteiger partial charge in [-0.3, -0.25) is 15.0 Å². The zero-order chi connectivity index (χ0) is 20.5. The van der Waals surface area contributed by atoms with Crippen LogP contribution in [0.3, 0.4) is 0 Å². The van der Waals surface area contributed by atoms with Gasteiger partial charge in [-0.1, -0.05) is 12.8 Å². The molecule has 30 heavy (non-hydrogen) atoms. The zero-order valence-corrected chi connectivity index (χ0v) is 17.2. The molecule has 0 bridgehead atoms. The fraction of sp³-hybridized carbons (Fsp3) is 0.455. The monoisotopic (exact) mass is 405 g/mol. The fourth-order valence-electron chi connectivity index (χ4n) is 4.46. The second-order valence-corrected chi connectivity index (χ2v) is 8.58. The standard InChI is InChI=1S/C22H27N7O/c1-28-11-15(12-28)13-29-14-17(10-24-29)16-8-20-19(23-9-16)6-7-21(26-20)27-22(30)25-18-4-2-3-5-18/h6-10,14-15,18H,2-5,11-13H2,1H3,(H2,25,26,27,30). The maximum Gasteiger partial charge on any atom is 0.320 e. The molecule has 0 radical (unpaired) electrons. The van der Waals surface area contributed by atoms with E-state index in [4.69, 9.17) is 0 Å². The summed E-state index contributed by atoms with van der Waals surface area (Å²) in [6.45, 7) is 3.19. The van der Waals surface area contributed by atoms with Crippen LogP contribution in [0.25, 0.3) is 22.2 Å². The van der Waals surface area contributed by atoms with Crippen molar-refractivity contribution in [1.82, 2.24) is 30.0 Å². The quantitative estimate of drug-likeness (QED) is 0.681. The number of nitrogens with one attached hydrogen (secondary N) is 2. The van der Waals surface area contributed by atoms with E-state index in [-0.39, 0.29) is 12.1 Å². The van der Waals surface area contributed by atoms with Crippen LogP contribution in [0.15, 0.2) is 36.8 Å². The number of hydrogen-bond acceptors (Lipinski definition) is 5. The molecule has 1 saturated heterocycles. The van der Waals surface area contributed by atoms with Crippen LogP contribution in [0, 0.1) is 5.92 Å². The summed E-state index contributed by atoms with van der Waals surface area (Å²) in [5, 5.41) is 10.4. The van der Waals surface area contributed by atoms with Crippen LogP contribution in [-0.2, 0) is 6.54 Å². The van der Waals surface area contributed by atoms with Crippen LogP contribution < -0.4 is 10.6 Å². The van der Waals surface area contributed by atoms with Gasteiger partial charge in [0, 0.05) is 55.1 Å². The minimum absolute atomic E-state index is 0.194. The summed E-state index contributed by atoms with van der Waals surface area (Å²) in [5.41, 5.74) is 3.54. The second-order valence-electron chi connectivity index (χ2n) is 8.58. The van der Waals surface area contributed by atoms with Gasteiger partial charge in [0.1, 0.15) is 5.82 Å². The van der Waals surface area contributed by atoms with Crippen molar-refractivity contribution in [3.8, 4) is 11.1 Å². The average molecular weight is 406 g/mol. The number of amides is 2. The largest absolute Gasteiger partial charge is 0.335 e. The predicted molar refractivity (Wildman–Crippen MR) is 116 cm³/mol. The normalized spacial score (nSPS) is 17.9. The zero-order valence-electron chi connectivity index (χ0n) is 17.2. The summed E-state index contributed by atoms with van der Waals surface area (Å²) >= 11 is 0. The van der Waals surface area contributed by atoms with Crippen molar-refractivity contribution in [2.75, 3.05) is 25.5 Å². The smallest absolute Gasteiger partial charge is 0.320 e. The van der Waals surface area contributed by atoms with Gasteiger partial charge in [-0.25, -0.2) is 9.78 Å². The highest BCUT2D eigenvalue weighted by Crippen LogP contribution is 2.24. The molecule has 2 fully saturated rings. The molecule has 3 aromatic rings. The lowest BCUT2D eigenvalue weighted by molar-refractivity contribution is 0.116. The maximum atomic E-state index is 12.2. The Balaban J connectivity index is 1.29. The topological polar surface area (TPSA) is 88.0 Å². The van der Waals surface area contributed by atoms with E-state index in [1.807, 2.05) is 29.2 Å². The van der Waals surface area contributed by atoms with Gasteiger partial charge < -0.3 is 10.2 Å². The third kappa shape index (κ3) is 4.14. The third-order valence-corrected chi connectivity index (χ3v) is 6.02. The molecule has 2 amide bonds. The van der Waals surface area contributed by atoms with Gasteiger partial charge in [-0.05, 0) is 38.1 Å². The van der Waals surface area contributed by atoms with E-state index in [1.165, 1.54) is 12.8 Å². The highest BCUT2D eigenvalue weighted by Gasteiger charge is 2.23. The molecule has 156 valence electrons. The first-order chi connectivity index (χ1) is 14.6. The van der Waals surface area contributed by atoms with Crippen molar-refractivity contribution in [2.45, 2.75) is 38.3 Å². The van der Waals surface area contributed by atoms with E-state index in [0.717, 1.165) is 54.6 Å². The number of pyridine rings is 2. The number of rotatable bonds is 5. The van der Waals surface area contributed by atoms with Gasteiger partial charge >= 0.3 is 6.03 Å². The van der Waals surface area contributed by atoms with Crippen LogP contribution in [0.5, 0.6) is 0 Å². The van der Waals surface area contributed by atoms with E-state index in [1.54, 1.807) is 6.07 Å². The molecular weight excluding hydrogens is 378 g/mol. The van der Waals surface area contributed by atoms with Gasteiger partial charge in [0.2, 0.25) is 0 Å². The van der Waals surface area contributed by atoms with Crippen molar-refractivity contribution in [3.63, 3.8) is 0 Å². The average Bonchev–Trinajstić information content (AvgIpc) is 3.38. The summed E-state index contributed by atoms with van der Waals surface area (Å²) in [7, 11) is 2.14. The minimum atomic E-state index is -0.194. The number of fused-ring (bicyclic) bond motifs is 1. The molecule has 5 rings (SSSR count). The molecule has 1 saturated carbocycles. The highest BCUT2D eigenvalue weighted by molar-refractivity contribution is 5.90. The Morgan fingerprint density at radius 3 is 2.77 bits per heavy atom. The van der Waals surface area contributed by atoms with Gasteiger partial charge in [-0.2, -0.15) is 5.10 Å². The first-order valence-corrected chi connectivity index (χ1v) is 10.7. The fourth-order valence-corrected chi connectivity index (χ4v) is 4.46. The van der Waals surface area contributed by atoms with Crippen molar-refractivity contribution in [1.29, 1.82) is 0 Å². The summed E-state index contributed by atoms with van der Waals surface area (Å²) in [6.07, 6.45) is 10.3. The molecule has 8 nitrogen and oxygen atoms in total. The van der Waals surface area contributed by atoms with E-state index in [9.17, 15) is 4.79 Å². The first kappa shape index (κ1) is 19.0. The second kappa shape index (κ2) is 8.02. The molecule has 2 aliphatic rings. The molecular formula is C22H27N7O. The van der Waals surface area contributed by atoms with E-state index >= 15 is 0 Å². The van der Waals surface area contributed by atoms with Crippen molar-refractivity contribution >= 4 is 22.9 Å². The van der Waals surface area contributed by atoms with E-state index < -0.39 is 0 Å². The van der Waals surface area contributed by atoms with E-state index in [0.29, 0.717) is 11.7 Å². The number of anilines is 1. The van der Waals surface area contributed by atoms with Crippen molar-refractivity contribution < 1.29 is 4.79 Å². The van der Waals surface area contributed by atoms with Crippen molar-refractivity contribution in [3.05, 3.63) is 36.8 Å². The number of nitrogens with zero attached hydrogens (tertiary/aromatic N) is 5. The Morgan fingerprint density at radius 2 is 1.97 bits per heavy atom. The van der Waals surface area contributed by atoms with Gasteiger partial charge in [0.05, 0.1) is 17.2 Å². The molecule has 0 aromatic carbocycles. The van der Waals surface area contributed by atoms with Crippen LogP contribution in [-0.4, -0.2) is 56.9 Å². The van der Waals surface area contributed by atoms with Crippen LogP contribution in [0.1, 0.15) is 25.7 Å². The Kier molecular flexibility index (Phi) is 5.08. The lowest BCUT2D eigenvalue weighted by Crippen LogP contribution is -2.45. The molecule has 2 N–H and O–H groups in total. The van der Waals surface area contributed by atoms with Crippen LogP contribution >= 0.6 is 0 Å². The number of carbonyl (C=O) groups is 1. The van der Waals surface area contributed by atoms with E-state index in [2.05, 4.69) is 43.8 Å². The molecule has 1 aliphatic carbocycles. The minimum Gasteiger partial charge on any atom is -0.335 e. The molecule has 8 heteroatoms. The molecule has 4 heterocycles. The molecule has 0 spiro atoms. The summed E-state index contributed by atoms with van der Waals surface area (Å²) in [6, 6.07) is 5.75. The predicted octanol–water partition coefficient (Wildman–Crippen LogP) is 3.12. The molecule has 0 unspecified atom stereocenters. The Labute approximate surface area is 175 Å². The number of likely N-dealkylation sites (tertiary alicyclic amines) is 1. The number of carbonyl (C=O) groups excluding carboxylic acids is 1. The molecule has 0 atom stereocenters. The lowest BCUT2D eigenvalue weighted by atomic mass is 10.0. The number of urea groups is 1. The van der Waals surface area contributed by atoms with Gasteiger partial charge in [0.25, 0.3) is 0 Å². The maximum absolute atomic E-state index is 12.2. The first-order valence-electron chi connectivity index (χ1n) is 10.7. The third-order valence-electron chi connectivity index (χ3n) is 6.02. The van der Waals surface area contributed by atoms with Gasteiger partial charge in [-0.15, -0.1) is 0 Å². The van der Waals surface area contributed by atoms with Crippen molar-refractivity contribution in [2.24, 2.45) is 5.92 Å². The number of hydrogen-bond donors (Lipinski definition) is 2. The van der Waals surface area contributed by atoms with Crippen LogP contribution in [0.2, 0.25) is 0 Å². The Hall–Kier alpha value is -3.00. The van der Waals surface area contributed by atoms with Gasteiger partial charge in [0.15, 0.2) is 0 Å². The Morgan fingerprint density at radius 1 is 1.13 bits per heavy atom. The summed E-state index contributed by atoms with van der Waals surface area (Å²) in [4.78, 5) is 23.7. The summed E-state index contributed by atoms with van der Waals surface area (Å²) < 4.78 is 2.01. The SMILES string of the molecule is CN1CC(Cn2cc(-c3cnc4ccc(NC(=O)NC5CCCC5)nc4c3)cn2)C1. The van der Waals surface area contributed by atoms with Crippen LogP contribution in [0.4, 0.5) is 10.6 Å². The summed E-state index contributed by atoms with van der Waals surface area (Å²) in [5.74, 6) is 1.20. The number of aromatic nitrogens is 4. The highest BCUT2D eigenvalue weighted by atomic mass is 16.2. The molecule has 1 aliphatic heterocycles. The lowest BCUT2D eigenvalue weighted by Gasteiger charge is -2.35. The Bertz CT molecular complexity index is 1050. The molecule has 3 aromatic heterocycles.